The Hall–Kier alpha value is -0.910. The smallest absolute Gasteiger partial charge is 0.275 e. The predicted molar refractivity (Wildman–Crippen MR) is 60.5 cm³/mol. The van der Waals surface area contributed by atoms with Crippen LogP contribution in [0.25, 0.3) is 0 Å². The van der Waals surface area contributed by atoms with E-state index in [-0.39, 0.29) is 5.91 Å². The maximum absolute atomic E-state index is 11.4. The third kappa shape index (κ3) is 2.37. The second kappa shape index (κ2) is 4.74. The summed E-state index contributed by atoms with van der Waals surface area (Å²) in [5.41, 5.74) is 3.27. The largest absolute Gasteiger partial charge is 0.299 e. The van der Waals surface area contributed by atoms with Crippen molar-refractivity contribution in [2.45, 2.75) is 19.4 Å². The molecule has 0 atom stereocenters. The van der Waals surface area contributed by atoms with Crippen LogP contribution in [0.3, 0.4) is 0 Å². The summed E-state index contributed by atoms with van der Waals surface area (Å²) in [7, 11) is 0. The molecule has 1 fully saturated rings. The highest BCUT2D eigenvalue weighted by Crippen LogP contribution is 2.20. The minimum Gasteiger partial charge on any atom is -0.299 e. The third-order valence-corrected chi connectivity index (χ3v) is 3.63. The van der Waals surface area contributed by atoms with Crippen LogP contribution in [-0.2, 0) is 6.54 Å². The molecular weight excluding hydrogens is 210 g/mol. The molecule has 3 N–H and O–H groups in total. The lowest BCUT2D eigenvalue weighted by Crippen LogP contribution is -2.30. The van der Waals surface area contributed by atoms with E-state index in [1.165, 1.54) is 24.2 Å². The quantitative estimate of drug-likeness (QED) is 0.457. The van der Waals surface area contributed by atoms with Crippen molar-refractivity contribution in [3.63, 3.8) is 0 Å². The number of hydrazine groups is 1. The van der Waals surface area contributed by atoms with Crippen molar-refractivity contribution in [3.8, 4) is 0 Å². The molecule has 2 rings (SSSR count). The number of thiophene rings is 1. The monoisotopic (exact) mass is 225 g/mol. The summed E-state index contributed by atoms with van der Waals surface area (Å²) >= 11 is 1.45. The molecule has 1 aliphatic rings. The Labute approximate surface area is 93.0 Å². The average molecular weight is 225 g/mol. The molecule has 0 radical (unpaired) electrons. The highest BCUT2D eigenvalue weighted by atomic mass is 32.1. The summed E-state index contributed by atoms with van der Waals surface area (Å²) in [6.45, 7) is 3.14. The number of rotatable bonds is 3. The number of amides is 1. The van der Waals surface area contributed by atoms with E-state index in [0.29, 0.717) is 0 Å². The van der Waals surface area contributed by atoms with Crippen LogP contribution >= 0.6 is 11.3 Å². The first kappa shape index (κ1) is 10.6. The van der Waals surface area contributed by atoms with E-state index in [4.69, 9.17) is 5.84 Å². The Morgan fingerprint density at radius 1 is 1.53 bits per heavy atom. The summed E-state index contributed by atoms with van der Waals surface area (Å²) in [6, 6.07) is 2.01. The van der Waals surface area contributed by atoms with E-state index in [9.17, 15) is 4.79 Å². The second-order valence-electron chi connectivity index (χ2n) is 3.73. The lowest BCUT2D eigenvalue weighted by atomic mass is 10.2. The standard InChI is InChI=1S/C10H15N3OS/c11-12-10(14)9-8(3-6-15-9)7-13-4-1-2-5-13/h3,6H,1-2,4-5,7,11H2,(H,12,14). The SMILES string of the molecule is NNC(=O)c1sccc1CN1CCCC1. The van der Waals surface area contributed by atoms with E-state index in [1.54, 1.807) is 0 Å². The van der Waals surface area contributed by atoms with Crippen LogP contribution in [0.2, 0.25) is 0 Å². The van der Waals surface area contributed by atoms with E-state index < -0.39 is 0 Å². The Morgan fingerprint density at radius 2 is 2.27 bits per heavy atom. The van der Waals surface area contributed by atoms with Gasteiger partial charge in [-0.3, -0.25) is 15.1 Å². The first-order valence-corrected chi connectivity index (χ1v) is 5.99. The van der Waals surface area contributed by atoms with Gasteiger partial charge >= 0.3 is 0 Å². The molecule has 4 nitrogen and oxygen atoms in total. The topological polar surface area (TPSA) is 58.4 Å². The fraction of sp³-hybridized carbons (Fsp3) is 0.500. The van der Waals surface area contributed by atoms with Crippen LogP contribution in [0.15, 0.2) is 11.4 Å². The molecule has 2 heterocycles. The number of nitrogens with two attached hydrogens (primary N) is 1. The predicted octanol–water partition coefficient (Wildman–Crippen LogP) is 0.947. The van der Waals surface area contributed by atoms with Gasteiger partial charge in [0, 0.05) is 6.54 Å². The zero-order valence-electron chi connectivity index (χ0n) is 8.53. The van der Waals surface area contributed by atoms with Crippen molar-refractivity contribution in [1.29, 1.82) is 0 Å². The van der Waals surface area contributed by atoms with Crippen molar-refractivity contribution in [2.24, 2.45) is 5.84 Å². The lowest BCUT2D eigenvalue weighted by Gasteiger charge is -2.14. The number of carbonyl (C=O) groups excluding carboxylic acids is 1. The molecule has 0 saturated carbocycles. The summed E-state index contributed by atoms with van der Waals surface area (Å²) in [6.07, 6.45) is 2.53. The van der Waals surface area contributed by atoms with Crippen LogP contribution in [0.1, 0.15) is 28.1 Å². The van der Waals surface area contributed by atoms with Crippen molar-refractivity contribution in [2.75, 3.05) is 13.1 Å². The van der Waals surface area contributed by atoms with Gasteiger partial charge in [0.1, 0.15) is 0 Å². The summed E-state index contributed by atoms with van der Waals surface area (Å²) < 4.78 is 0. The molecule has 1 aromatic heterocycles. The van der Waals surface area contributed by atoms with Crippen molar-refractivity contribution < 1.29 is 4.79 Å². The summed E-state index contributed by atoms with van der Waals surface area (Å²) in [5.74, 6) is 4.95. The normalized spacial score (nSPS) is 16.9. The summed E-state index contributed by atoms with van der Waals surface area (Å²) in [5, 5.41) is 1.94. The van der Waals surface area contributed by atoms with Gasteiger partial charge in [0.25, 0.3) is 5.91 Å². The van der Waals surface area contributed by atoms with E-state index in [1.807, 2.05) is 11.4 Å². The number of carbonyl (C=O) groups is 1. The molecule has 0 spiro atoms. The van der Waals surface area contributed by atoms with Gasteiger partial charge in [-0.15, -0.1) is 11.3 Å². The Kier molecular flexibility index (Phi) is 3.35. The number of nitrogens with zero attached hydrogens (tertiary/aromatic N) is 1. The van der Waals surface area contributed by atoms with Gasteiger partial charge in [-0.2, -0.15) is 0 Å². The highest BCUT2D eigenvalue weighted by molar-refractivity contribution is 7.12. The van der Waals surface area contributed by atoms with Crippen LogP contribution in [0.4, 0.5) is 0 Å². The van der Waals surface area contributed by atoms with Crippen molar-refractivity contribution in [3.05, 3.63) is 21.9 Å². The molecule has 82 valence electrons. The fourth-order valence-electron chi connectivity index (χ4n) is 1.91. The molecule has 0 bridgehead atoms. The van der Waals surface area contributed by atoms with Gasteiger partial charge in [0.05, 0.1) is 4.88 Å². The molecule has 0 unspecified atom stereocenters. The lowest BCUT2D eigenvalue weighted by molar-refractivity contribution is 0.0956. The van der Waals surface area contributed by atoms with Gasteiger partial charge in [-0.25, -0.2) is 5.84 Å². The molecule has 1 aromatic rings. The Bertz CT molecular complexity index is 344. The summed E-state index contributed by atoms with van der Waals surface area (Å²) in [4.78, 5) is 14.5. The first-order chi connectivity index (χ1) is 7.31. The van der Waals surface area contributed by atoms with Crippen molar-refractivity contribution >= 4 is 17.2 Å². The number of hydrogen-bond acceptors (Lipinski definition) is 4. The minimum absolute atomic E-state index is 0.181. The van der Waals surface area contributed by atoms with Crippen molar-refractivity contribution in [1.82, 2.24) is 10.3 Å². The number of nitrogens with one attached hydrogen (secondary N) is 1. The molecule has 1 amide bonds. The van der Waals surface area contributed by atoms with Gasteiger partial charge in [0.15, 0.2) is 0 Å². The van der Waals surface area contributed by atoms with Crippen LogP contribution in [0, 0.1) is 0 Å². The zero-order valence-corrected chi connectivity index (χ0v) is 9.35. The third-order valence-electron chi connectivity index (χ3n) is 2.68. The maximum Gasteiger partial charge on any atom is 0.275 e. The van der Waals surface area contributed by atoms with E-state index in [0.717, 1.165) is 30.1 Å². The number of likely N-dealkylation sites (tertiary alicyclic amines) is 1. The van der Waals surface area contributed by atoms with Gasteiger partial charge < -0.3 is 0 Å². The number of hydrogen-bond donors (Lipinski definition) is 2. The molecule has 0 aromatic carbocycles. The van der Waals surface area contributed by atoms with E-state index >= 15 is 0 Å². The number of nitrogen functional groups attached to an aromatic ring is 1. The molecule has 1 saturated heterocycles. The molecular formula is C10H15N3OS. The van der Waals surface area contributed by atoms with Crippen LogP contribution < -0.4 is 11.3 Å². The van der Waals surface area contributed by atoms with Crippen LogP contribution in [-0.4, -0.2) is 23.9 Å². The zero-order chi connectivity index (χ0) is 10.7. The van der Waals surface area contributed by atoms with Gasteiger partial charge in [-0.05, 0) is 42.9 Å². The molecule has 1 aliphatic heterocycles. The van der Waals surface area contributed by atoms with Crippen LogP contribution in [0.5, 0.6) is 0 Å². The molecule has 5 heteroatoms. The minimum atomic E-state index is -0.181. The first-order valence-electron chi connectivity index (χ1n) is 5.11. The maximum atomic E-state index is 11.4. The second-order valence-corrected chi connectivity index (χ2v) is 4.65. The molecule has 0 aliphatic carbocycles. The average Bonchev–Trinajstić information content (AvgIpc) is 2.88. The van der Waals surface area contributed by atoms with E-state index in [2.05, 4.69) is 10.3 Å². The molecule has 15 heavy (non-hydrogen) atoms. The fourth-order valence-corrected chi connectivity index (χ4v) is 2.72. The Balaban J connectivity index is 2.07. The van der Waals surface area contributed by atoms with Gasteiger partial charge in [0.2, 0.25) is 0 Å². The Morgan fingerprint density at radius 3 is 2.93 bits per heavy atom. The van der Waals surface area contributed by atoms with Gasteiger partial charge in [-0.1, -0.05) is 0 Å². The highest BCUT2D eigenvalue weighted by Gasteiger charge is 2.17.